The Hall–Kier alpha value is -1.40. The van der Waals surface area contributed by atoms with E-state index in [1.54, 1.807) is 0 Å². The van der Waals surface area contributed by atoms with Crippen LogP contribution in [-0.2, 0) is 17.7 Å². The zero-order valence-electron chi connectivity index (χ0n) is 16.3. The number of aromatic nitrogens is 2. The van der Waals surface area contributed by atoms with E-state index >= 15 is 0 Å². The van der Waals surface area contributed by atoms with E-state index in [1.807, 2.05) is 17.7 Å². The van der Waals surface area contributed by atoms with E-state index in [9.17, 15) is 4.79 Å². The van der Waals surface area contributed by atoms with E-state index in [4.69, 9.17) is 4.74 Å². The van der Waals surface area contributed by atoms with Crippen molar-refractivity contribution in [2.24, 2.45) is 11.8 Å². The van der Waals surface area contributed by atoms with Crippen LogP contribution in [0.2, 0.25) is 0 Å². The average molecular weight is 361 g/mol. The van der Waals surface area contributed by atoms with E-state index in [1.165, 1.54) is 12.8 Å². The normalized spacial score (nSPS) is 29.2. The van der Waals surface area contributed by atoms with Crippen LogP contribution in [0.3, 0.4) is 0 Å². The Balaban J connectivity index is 1.37. The summed E-state index contributed by atoms with van der Waals surface area (Å²) in [7, 11) is 0. The van der Waals surface area contributed by atoms with Crippen molar-refractivity contribution in [3.05, 3.63) is 17.5 Å². The average Bonchev–Trinajstić information content (AvgIpc) is 3.25. The van der Waals surface area contributed by atoms with Crippen molar-refractivity contribution in [2.45, 2.75) is 71.2 Å². The number of aryl methyl sites for hydroxylation is 1. The summed E-state index contributed by atoms with van der Waals surface area (Å²) < 4.78 is 7.90. The van der Waals surface area contributed by atoms with Crippen LogP contribution in [-0.4, -0.2) is 58.5 Å². The molecule has 26 heavy (non-hydrogen) atoms. The van der Waals surface area contributed by atoms with E-state index in [-0.39, 0.29) is 11.9 Å². The molecular formula is C20H32N4O2. The van der Waals surface area contributed by atoms with Crippen LogP contribution < -0.4 is 5.32 Å². The number of fused-ring (bicyclic) bond motifs is 1. The van der Waals surface area contributed by atoms with Gasteiger partial charge in [0.05, 0.1) is 18.4 Å². The minimum absolute atomic E-state index is 0.0128. The van der Waals surface area contributed by atoms with Crippen LogP contribution in [0, 0.1) is 11.8 Å². The van der Waals surface area contributed by atoms with Gasteiger partial charge in [-0.1, -0.05) is 13.8 Å². The smallest absolute Gasteiger partial charge is 0.269 e. The van der Waals surface area contributed by atoms with Crippen molar-refractivity contribution < 1.29 is 9.53 Å². The quantitative estimate of drug-likeness (QED) is 0.844. The molecule has 1 amide bonds. The third-order valence-corrected chi connectivity index (χ3v) is 5.91. The summed E-state index contributed by atoms with van der Waals surface area (Å²) >= 11 is 0. The van der Waals surface area contributed by atoms with Gasteiger partial charge in [0.1, 0.15) is 5.69 Å². The zero-order valence-corrected chi connectivity index (χ0v) is 16.3. The maximum absolute atomic E-state index is 12.8. The van der Waals surface area contributed by atoms with E-state index in [0.717, 1.165) is 50.7 Å². The molecule has 3 heterocycles. The first-order valence-electron chi connectivity index (χ1n) is 10.3. The Kier molecular flexibility index (Phi) is 5.06. The van der Waals surface area contributed by atoms with Gasteiger partial charge in [0.15, 0.2) is 0 Å². The highest BCUT2D eigenvalue weighted by atomic mass is 16.5. The molecule has 0 unspecified atom stereocenters. The van der Waals surface area contributed by atoms with Crippen molar-refractivity contribution in [2.75, 3.05) is 19.7 Å². The lowest BCUT2D eigenvalue weighted by Gasteiger charge is -2.35. The number of morpholine rings is 1. The highest BCUT2D eigenvalue weighted by Crippen LogP contribution is 2.37. The fourth-order valence-corrected chi connectivity index (χ4v) is 4.43. The Bertz CT molecular complexity index is 652. The Labute approximate surface area is 156 Å². The number of carbonyl (C=O) groups excluding carboxylic acids is 1. The summed E-state index contributed by atoms with van der Waals surface area (Å²) in [6, 6.07) is 2.64. The van der Waals surface area contributed by atoms with Gasteiger partial charge < -0.3 is 10.1 Å². The summed E-state index contributed by atoms with van der Waals surface area (Å²) in [5.41, 5.74) is 1.71. The molecule has 6 nitrogen and oxygen atoms in total. The monoisotopic (exact) mass is 360 g/mol. The SMILES string of the molecule is CCn1nc(CC(C)C)cc1C(=O)N[C@@H]1C[C@H]2CO[C@@H](C3CC3)CN2C1. The fourth-order valence-electron chi connectivity index (χ4n) is 4.43. The second kappa shape index (κ2) is 7.31. The second-order valence-corrected chi connectivity index (χ2v) is 8.66. The minimum atomic E-state index is 0.0128. The number of hydrogen-bond donors (Lipinski definition) is 1. The van der Waals surface area contributed by atoms with Gasteiger partial charge in [-0.2, -0.15) is 5.10 Å². The van der Waals surface area contributed by atoms with Gasteiger partial charge in [-0.25, -0.2) is 0 Å². The van der Waals surface area contributed by atoms with Crippen molar-refractivity contribution in [3.63, 3.8) is 0 Å². The molecule has 1 aliphatic carbocycles. The summed E-state index contributed by atoms with van der Waals surface area (Å²) in [6.45, 7) is 9.91. The van der Waals surface area contributed by atoms with Crippen LogP contribution in [0.25, 0.3) is 0 Å². The van der Waals surface area contributed by atoms with Gasteiger partial charge in [0.25, 0.3) is 5.91 Å². The van der Waals surface area contributed by atoms with Crippen LogP contribution in [0.15, 0.2) is 6.07 Å². The molecule has 144 valence electrons. The van der Waals surface area contributed by atoms with E-state index in [0.29, 0.717) is 23.8 Å². The predicted molar refractivity (Wildman–Crippen MR) is 100 cm³/mol. The molecule has 0 spiro atoms. The molecule has 3 atom stereocenters. The molecule has 4 rings (SSSR count). The molecular weight excluding hydrogens is 328 g/mol. The third-order valence-electron chi connectivity index (χ3n) is 5.91. The summed E-state index contributed by atoms with van der Waals surface area (Å²) in [5.74, 6) is 1.33. The van der Waals surface area contributed by atoms with Gasteiger partial charge in [-0.05, 0) is 50.5 Å². The Morgan fingerprint density at radius 3 is 2.88 bits per heavy atom. The van der Waals surface area contributed by atoms with Crippen molar-refractivity contribution >= 4 is 5.91 Å². The number of hydrogen-bond acceptors (Lipinski definition) is 4. The number of nitrogens with zero attached hydrogens (tertiary/aromatic N) is 3. The van der Waals surface area contributed by atoms with E-state index in [2.05, 4.69) is 29.2 Å². The van der Waals surface area contributed by atoms with Gasteiger partial charge >= 0.3 is 0 Å². The number of rotatable bonds is 6. The highest BCUT2D eigenvalue weighted by Gasteiger charge is 2.42. The molecule has 6 heteroatoms. The van der Waals surface area contributed by atoms with Crippen LogP contribution in [0.5, 0.6) is 0 Å². The molecule has 2 aliphatic heterocycles. The second-order valence-electron chi connectivity index (χ2n) is 8.66. The molecule has 3 aliphatic rings. The van der Waals surface area contributed by atoms with Crippen LogP contribution in [0.4, 0.5) is 0 Å². The first kappa shape index (κ1) is 18.0. The van der Waals surface area contributed by atoms with Gasteiger partial charge in [0, 0.05) is 31.7 Å². The zero-order chi connectivity index (χ0) is 18.3. The Morgan fingerprint density at radius 1 is 1.38 bits per heavy atom. The van der Waals surface area contributed by atoms with Crippen molar-refractivity contribution in [3.8, 4) is 0 Å². The first-order valence-corrected chi connectivity index (χ1v) is 10.3. The molecule has 0 bridgehead atoms. The van der Waals surface area contributed by atoms with Gasteiger partial charge in [-0.15, -0.1) is 0 Å². The van der Waals surface area contributed by atoms with Crippen LogP contribution >= 0.6 is 0 Å². The molecule has 1 N–H and O–H groups in total. The molecule has 2 saturated heterocycles. The standard InChI is InChI=1S/C20H32N4O2/c1-4-24-18(9-15(22-24)7-13(2)3)20(25)21-16-8-17-12-26-19(14-5-6-14)11-23(17)10-16/h9,13-14,16-17,19H,4-8,10-12H2,1-3H3,(H,21,25)/t16-,17+,19-/m1/s1. The largest absolute Gasteiger partial charge is 0.375 e. The lowest BCUT2D eigenvalue weighted by Crippen LogP contribution is -2.47. The van der Waals surface area contributed by atoms with Gasteiger partial charge in [-0.3, -0.25) is 14.4 Å². The third kappa shape index (κ3) is 3.81. The highest BCUT2D eigenvalue weighted by molar-refractivity contribution is 5.93. The molecule has 1 aromatic rings. The number of ether oxygens (including phenoxy) is 1. The molecule has 0 aromatic carbocycles. The Morgan fingerprint density at radius 2 is 2.19 bits per heavy atom. The lowest BCUT2D eigenvalue weighted by atomic mass is 10.1. The lowest BCUT2D eigenvalue weighted by molar-refractivity contribution is -0.0581. The first-order chi connectivity index (χ1) is 12.5. The van der Waals surface area contributed by atoms with E-state index < -0.39 is 0 Å². The summed E-state index contributed by atoms with van der Waals surface area (Å²) in [6.07, 6.45) is 4.96. The maximum Gasteiger partial charge on any atom is 0.269 e. The summed E-state index contributed by atoms with van der Waals surface area (Å²) in [5, 5.41) is 7.85. The number of nitrogens with one attached hydrogen (secondary N) is 1. The minimum Gasteiger partial charge on any atom is -0.375 e. The number of amides is 1. The molecule has 1 saturated carbocycles. The molecule has 3 fully saturated rings. The number of carbonyl (C=O) groups is 1. The predicted octanol–water partition coefficient (Wildman–Crippen LogP) is 2.08. The van der Waals surface area contributed by atoms with Crippen molar-refractivity contribution in [1.82, 2.24) is 20.0 Å². The van der Waals surface area contributed by atoms with Gasteiger partial charge in [0.2, 0.25) is 0 Å². The summed E-state index contributed by atoms with van der Waals surface area (Å²) in [4.78, 5) is 15.4. The molecule has 1 aromatic heterocycles. The molecule has 0 radical (unpaired) electrons. The van der Waals surface area contributed by atoms with Crippen molar-refractivity contribution in [1.29, 1.82) is 0 Å². The fraction of sp³-hybridized carbons (Fsp3) is 0.800. The van der Waals surface area contributed by atoms with Crippen LogP contribution in [0.1, 0.15) is 56.2 Å². The topological polar surface area (TPSA) is 59.4 Å². The maximum atomic E-state index is 12.8.